The molecule has 0 saturated carbocycles. The molecule has 0 aliphatic carbocycles. The number of hydrogen-bond acceptors (Lipinski definition) is 3. The Morgan fingerprint density at radius 1 is 1.04 bits per heavy atom. The molecule has 0 spiro atoms. The largest absolute Gasteiger partial charge is 0.320 e. The zero-order valence-corrected chi connectivity index (χ0v) is 13.6. The fourth-order valence-electron chi connectivity index (χ4n) is 2.13. The molecule has 0 fully saturated rings. The van der Waals surface area contributed by atoms with E-state index in [-0.39, 0.29) is 5.69 Å². The molecular weight excluding hydrogens is 326 g/mol. The molecule has 0 unspecified atom stereocenters. The van der Waals surface area contributed by atoms with Crippen LogP contribution < -0.4 is 10.7 Å². The Balaban J connectivity index is 1.91. The van der Waals surface area contributed by atoms with Crippen molar-refractivity contribution in [2.45, 2.75) is 6.92 Å². The molecule has 2 aromatic carbocycles. The number of benzene rings is 2. The second kappa shape index (κ2) is 6.68. The van der Waals surface area contributed by atoms with Crippen molar-refractivity contribution in [3.05, 3.63) is 87.3 Å². The van der Waals surface area contributed by atoms with Gasteiger partial charge in [-0.15, -0.1) is 0 Å². The van der Waals surface area contributed by atoms with Gasteiger partial charge in [-0.25, -0.2) is 4.68 Å². The number of nitrogens with one attached hydrogen (secondary N) is 1. The van der Waals surface area contributed by atoms with Crippen LogP contribution in [-0.4, -0.2) is 15.7 Å². The molecule has 0 aliphatic heterocycles. The Hall–Kier alpha value is -2.92. The predicted octanol–water partition coefficient (Wildman–Crippen LogP) is 3.45. The Bertz CT molecular complexity index is 932. The zero-order valence-electron chi connectivity index (χ0n) is 12.9. The maximum atomic E-state index is 12.3. The van der Waals surface area contributed by atoms with E-state index >= 15 is 0 Å². The van der Waals surface area contributed by atoms with E-state index in [1.807, 2.05) is 19.1 Å². The van der Waals surface area contributed by atoms with Gasteiger partial charge in [-0.3, -0.25) is 9.59 Å². The van der Waals surface area contributed by atoms with Crippen LogP contribution >= 0.6 is 11.6 Å². The van der Waals surface area contributed by atoms with Gasteiger partial charge < -0.3 is 5.32 Å². The van der Waals surface area contributed by atoms with E-state index in [1.165, 1.54) is 16.9 Å². The molecule has 120 valence electrons. The maximum absolute atomic E-state index is 12.3. The maximum Gasteiger partial charge on any atom is 0.280 e. The molecule has 1 aromatic heterocycles. The van der Waals surface area contributed by atoms with Crippen LogP contribution in [0.2, 0.25) is 5.02 Å². The highest BCUT2D eigenvalue weighted by molar-refractivity contribution is 6.30. The Labute approximate surface area is 143 Å². The van der Waals surface area contributed by atoms with Crippen molar-refractivity contribution in [3.8, 4) is 5.69 Å². The van der Waals surface area contributed by atoms with Crippen LogP contribution in [0.4, 0.5) is 5.69 Å². The van der Waals surface area contributed by atoms with Crippen molar-refractivity contribution in [2.75, 3.05) is 5.32 Å². The highest BCUT2D eigenvalue weighted by Gasteiger charge is 2.13. The van der Waals surface area contributed by atoms with Crippen LogP contribution in [0.5, 0.6) is 0 Å². The van der Waals surface area contributed by atoms with Crippen molar-refractivity contribution >= 4 is 23.2 Å². The quantitative estimate of drug-likeness (QED) is 0.795. The molecule has 24 heavy (non-hydrogen) atoms. The summed E-state index contributed by atoms with van der Waals surface area (Å²) in [5, 5.41) is 7.41. The van der Waals surface area contributed by atoms with E-state index in [9.17, 15) is 9.59 Å². The molecule has 0 radical (unpaired) electrons. The first-order chi connectivity index (χ1) is 11.5. The average Bonchev–Trinajstić information content (AvgIpc) is 2.58. The van der Waals surface area contributed by atoms with Gasteiger partial charge in [-0.2, -0.15) is 5.10 Å². The third-order valence-corrected chi connectivity index (χ3v) is 3.68. The summed E-state index contributed by atoms with van der Waals surface area (Å²) in [6.07, 6.45) is 1.51. The zero-order chi connectivity index (χ0) is 17.1. The minimum Gasteiger partial charge on any atom is -0.320 e. The summed E-state index contributed by atoms with van der Waals surface area (Å²) in [4.78, 5) is 24.3. The van der Waals surface area contributed by atoms with Crippen molar-refractivity contribution < 1.29 is 4.79 Å². The van der Waals surface area contributed by atoms with Gasteiger partial charge in [0.05, 0.1) is 5.69 Å². The Kier molecular flexibility index (Phi) is 4.44. The van der Waals surface area contributed by atoms with Gasteiger partial charge in [0.15, 0.2) is 5.69 Å². The normalized spacial score (nSPS) is 10.4. The molecule has 0 aliphatic rings. The van der Waals surface area contributed by atoms with E-state index in [1.54, 1.807) is 36.4 Å². The van der Waals surface area contributed by atoms with Gasteiger partial charge in [-0.05, 0) is 43.3 Å². The fraction of sp³-hybridized carbons (Fsp3) is 0.0556. The standard InChI is InChI=1S/C18H14ClN3O2/c1-12-2-6-14(7-3-12)20-18(24)17-16(23)10-11-22(21-17)15-8-4-13(19)5-9-15/h2-11H,1H3,(H,20,24). The number of rotatable bonds is 3. The summed E-state index contributed by atoms with van der Waals surface area (Å²) in [5.74, 6) is -0.549. The Morgan fingerprint density at radius 2 is 1.71 bits per heavy atom. The van der Waals surface area contributed by atoms with Crippen LogP contribution in [0.25, 0.3) is 5.69 Å². The Morgan fingerprint density at radius 3 is 2.38 bits per heavy atom. The summed E-state index contributed by atoms with van der Waals surface area (Å²) < 4.78 is 1.46. The van der Waals surface area contributed by atoms with Crippen LogP contribution in [0.1, 0.15) is 16.1 Å². The number of anilines is 1. The lowest BCUT2D eigenvalue weighted by atomic mass is 10.2. The van der Waals surface area contributed by atoms with Crippen LogP contribution in [0, 0.1) is 6.92 Å². The lowest BCUT2D eigenvalue weighted by Crippen LogP contribution is -2.25. The minimum atomic E-state index is -0.549. The van der Waals surface area contributed by atoms with Crippen molar-refractivity contribution in [1.82, 2.24) is 9.78 Å². The van der Waals surface area contributed by atoms with Crippen LogP contribution in [0.3, 0.4) is 0 Å². The second-order valence-corrected chi connectivity index (χ2v) is 5.71. The first-order valence-electron chi connectivity index (χ1n) is 7.27. The summed E-state index contributed by atoms with van der Waals surface area (Å²) in [6.45, 7) is 1.95. The molecule has 3 rings (SSSR count). The summed E-state index contributed by atoms with van der Waals surface area (Å²) in [5.41, 5.74) is 1.77. The number of carbonyl (C=O) groups excluding carboxylic acids is 1. The van der Waals surface area contributed by atoms with Crippen molar-refractivity contribution in [2.24, 2.45) is 0 Å². The van der Waals surface area contributed by atoms with Crippen molar-refractivity contribution in [3.63, 3.8) is 0 Å². The SMILES string of the molecule is Cc1ccc(NC(=O)c2nn(-c3ccc(Cl)cc3)ccc2=O)cc1. The highest BCUT2D eigenvalue weighted by Crippen LogP contribution is 2.13. The monoisotopic (exact) mass is 339 g/mol. The second-order valence-electron chi connectivity index (χ2n) is 5.27. The number of nitrogens with zero attached hydrogens (tertiary/aromatic N) is 2. The molecule has 3 aromatic rings. The van der Waals surface area contributed by atoms with Crippen LogP contribution in [-0.2, 0) is 0 Å². The molecule has 1 amide bonds. The lowest BCUT2D eigenvalue weighted by molar-refractivity contribution is 0.101. The van der Waals surface area contributed by atoms with E-state index in [0.29, 0.717) is 16.4 Å². The van der Waals surface area contributed by atoms with E-state index in [2.05, 4.69) is 10.4 Å². The number of aromatic nitrogens is 2. The molecule has 5 nitrogen and oxygen atoms in total. The lowest BCUT2D eigenvalue weighted by Gasteiger charge is -2.08. The number of amides is 1. The van der Waals surface area contributed by atoms with Gasteiger partial charge in [-0.1, -0.05) is 29.3 Å². The third kappa shape index (κ3) is 3.52. The van der Waals surface area contributed by atoms with Gasteiger partial charge in [0, 0.05) is 23.0 Å². The highest BCUT2D eigenvalue weighted by atomic mass is 35.5. The molecule has 0 atom stereocenters. The molecular formula is C18H14ClN3O2. The number of aryl methyl sites for hydroxylation is 1. The van der Waals surface area contributed by atoms with Crippen molar-refractivity contribution in [1.29, 1.82) is 0 Å². The minimum absolute atomic E-state index is 0.173. The summed E-state index contributed by atoms with van der Waals surface area (Å²) in [6, 6.07) is 15.5. The first kappa shape index (κ1) is 16.0. The number of halogens is 1. The third-order valence-electron chi connectivity index (χ3n) is 3.42. The van der Waals surface area contributed by atoms with Crippen LogP contribution in [0.15, 0.2) is 65.6 Å². The first-order valence-corrected chi connectivity index (χ1v) is 7.65. The smallest absolute Gasteiger partial charge is 0.280 e. The number of carbonyl (C=O) groups is 1. The van der Waals surface area contributed by atoms with Gasteiger partial charge in [0.25, 0.3) is 5.91 Å². The average molecular weight is 340 g/mol. The van der Waals surface area contributed by atoms with E-state index in [0.717, 1.165) is 5.56 Å². The fourth-order valence-corrected chi connectivity index (χ4v) is 2.26. The van der Waals surface area contributed by atoms with Gasteiger partial charge >= 0.3 is 0 Å². The molecule has 6 heteroatoms. The van der Waals surface area contributed by atoms with E-state index < -0.39 is 11.3 Å². The summed E-state index contributed by atoms with van der Waals surface area (Å²) in [7, 11) is 0. The summed E-state index contributed by atoms with van der Waals surface area (Å²) >= 11 is 5.86. The topological polar surface area (TPSA) is 64.0 Å². The molecule has 1 heterocycles. The molecule has 0 saturated heterocycles. The van der Waals surface area contributed by atoms with Gasteiger partial charge in [0.1, 0.15) is 0 Å². The molecule has 1 N–H and O–H groups in total. The van der Waals surface area contributed by atoms with E-state index in [4.69, 9.17) is 11.6 Å². The predicted molar refractivity (Wildman–Crippen MR) is 94.0 cm³/mol. The van der Waals surface area contributed by atoms with Gasteiger partial charge in [0.2, 0.25) is 5.43 Å². The molecule has 0 bridgehead atoms. The number of hydrogen-bond donors (Lipinski definition) is 1.